The highest BCUT2D eigenvalue weighted by Gasteiger charge is 2.48. The molecular weight excluding hydrogens is 905 g/mol. The number of rotatable bonds is 26. The zero-order chi connectivity index (χ0) is 52.5. The molecule has 1 fully saturated rings. The van der Waals surface area contributed by atoms with Crippen LogP contribution in [0.15, 0.2) is 168 Å². The highest BCUT2D eigenvalue weighted by atomic mass is 15.2. The molecule has 1 heterocycles. The van der Waals surface area contributed by atoms with Gasteiger partial charge in [0.15, 0.2) is 0 Å². The second-order valence-corrected chi connectivity index (χ2v) is 25.1. The van der Waals surface area contributed by atoms with Gasteiger partial charge in [-0.25, -0.2) is 0 Å². The molecule has 7 aliphatic carbocycles. The van der Waals surface area contributed by atoms with Crippen molar-refractivity contribution in [2.24, 2.45) is 59.2 Å². The molecule has 8 aliphatic rings. The quantitative estimate of drug-likeness (QED) is 0.0484. The third kappa shape index (κ3) is 15.0. The van der Waals surface area contributed by atoms with Crippen LogP contribution >= 0.6 is 0 Å². The number of unbranched alkanes of at least 4 members (excludes halogenated alkanes) is 6. The van der Waals surface area contributed by atoms with Gasteiger partial charge in [-0.1, -0.05) is 207 Å². The average Bonchev–Trinajstić information content (AvgIpc) is 3.80. The molecule has 1 aliphatic heterocycles. The summed E-state index contributed by atoms with van der Waals surface area (Å²) in [6.07, 6.45) is 79.5. The van der Waals surface area contributed by atoms with Crippen molar-refractivity contribution in [3.05, 3.63) is 168 Å². The maximum absolute atomic E-state index is 5.08. The molecule has 8 rings (SSSR count). The standard InChI is InChI=1S/C73H106N2/c1-9-14-16-18-26-63-53-73(74(66(24-12-4)28-22-25-58-36-31-54(6)32-37-58)56(8)35-42-59(13-5)60-43-38-57(23-11-3)39-44-60)65(27-19-17-15-10-2)52-69(63)64-47-50-72-70(51-64)68-29-20-21-30-71(68)75(72)67-48-45-62(46-49-67)61-40-33-55(7)34-41-61/h12-13,22,28,30-33,35-36,40,42-43,45-46,48,50,53,55,57-58,61,63-70H,4,8-11,14-21,23-27,29,34,37-39,41,44,47,49,51-52H2,1-3,5-7H3/b28-22-,42-35-,59-13+/t55-,57-,58+,61+,63+,64-,65+,66-,67+,68-,69?,70?/m1/s1. The fraction of sp³-hybridized carbons (Fsp3) is 0.616. The molecule has 2 nitrogen and oxygen atoms in total. The molecule has 2 heteroatoms. The maximum Gasteiger partial charge on any atom is 0.0553 e. The summed E-state index contributed by atoms with van der Waals surface area (Å²) in [5, 5.41) is 0. The summed E-state index contributed by atoms with van der Waals surface area (Å²) in [5.41, 5.74) is 12.0. The Morgan fingerprint density at radius 2 is 1.60 bits per heavy atom. The highest BCUT2D eigenvalue weighted by molar-refractivity contribution is 5.43. The van der Waals surface area contributed by atoms with Crippen molar-refractivity contribution >= 4 is 0 Å². The number of likely N-dealkylation sites (tertiary alicyclic amines) is 1. The van der Waals surface area contributed by atoms with E-state index in [0.717, 1.165) is 49.1 Å². The molecule has 2 unspecified atom stereocenters. The van der Waals surface area contributed by atoms with Crippen LogP contribution in [-0.4, -0.2) is 21.9 Å². The van der Waals surface area contributed by atoms with Gasteiger partial charge in [-0.05, 0) is 187 Å². The summed E-state index contributed by atoms with van der Waals surface area (Å²) in [6.45, 7) is 23.4. The Balaban J connectivity index is 1.12. The lowest BCUT2D eigenvalue weighted by Gasteiger charge is -2.47. The molecule has 0 aromatic rings. The van der Waals surface area contributed by atoms with E-state index in [2.05, 4.69) is 167 Å². The van der Waals surface area contributed by atoms with E-state index in [0.29, 0.717) is 47.5 Å². The molecule has 0 N–H and O–H groups in total. The van der Waals surface area contributed by atoms with Crippen molar-refractivity contribution in [2.45, 2.75) is 227 Å². The van der Waals surface area contributed by atoms with Crippen LogP contribution in [-0.2, 0) is 0 Å². The Morgan fingerprint density at radius 1 is 0.773 bits per heavy atom. The smallest absolute Gasteiger partial charge is 0.0553 e. The average molecular weight is 1010 g/mol. The Hall–Kier alpha value is -4.04. The van der Waals surface area contributed by atoms with Gasteiger partial charge < -0.3 is 9.80 Å². The Kier molecular flexibility index (Phi) is 22.2. The molecule has 408 valence electrons. The monoisotopic (exact) mass is 1010 g/mol. The van der Waals surface area contributed by atoms with Gasteiger partial charge in [0.25, 0.3) is 0 Å². The largest absolute Gasteiger partial charge is 0.342 e. The van der Waals surface area contributed by atoms with E-state index >= 15 is 0 Å². The van der Waals surface area contributed by atoms with Gasteiger partial charge in [0.2, 0.25) is 0 Å². The first-order valence-corrected chi connectivity index (χ1v) is 31.8. The number of hydrogen-bond donors (Lipinski definition) is 0. The van der Waals surface area contributed by atoms with E-state index in [9.17, 15) is 0 Å². The summed E-state index contributed by atoms with van der Waals surface area (Å²) < 4.78 is 0. The summed E-state index contributed by atoms with van der Waals surface area (Å²) in [6, 6.07) is 0.624. The van der Waals surface area contributed by atoms with Crippen LogP contribution in [0.1, 0.15) is 215 Å². The van der Waals surface area contributed by atoms with Crippen LogP contribution < -0.4 is 0 Å². The first-order valence-electron chi connectivity index (χ1n) is 31.8. The number of hydrogen-bond acceptors (Lipinski definition) is 2. The zero-order valence-corrected chi connectivity index (χ0v) is 48.7. The molecule has 0 spiro atoms. The number of fused-ring (bicyclic) bond motifs is 3. The maximum atomic E-state index is 5.08. The predicted molar refractivity (Wildman–Crippen MR) is 326 cm³/mol. The van der Waals surface area contributed by atoms with E-state index in [1.165, 1.54) is 164 Å². The fourth-order valence-corrected chi connectivity index (χ4v) is 15.3. The van der Waals surface area contributed by atoms with E-state index < -0.39 is 0 Å². The molecule has 75 heavy (non-hydrogen) atoms. The summed E-state index contributed by atoms with van der Waals surface area (Å²) in [7, 11) is 0. The SMILES string of the molecule is C=CC[C@H](/C=C\C[C@H]1C=CC(C)=CC1)N(C(=C)/C=C\C(=C/C)C1=CC[C@@H](CCC)CC1)C1=C[C@H](CCCCCC)C([C@@H]2CC=C3C(C2)[C@H]2CCCC=C2N3[C@H]2C=CC([C@H]3C=C[C@@H](C)CC3)=CC2)C[C@@H]1CCCCCC. The van der Waals surface area contributed by atoms with E-state index in [1.807, 2.05) is 0 Å². The van der Waals surface area contributed by atoms with Crippen molar-refractivity contribution in [1.82, 2.24) is 9.80 Å². The minimum atomic E-state index is 0.174. The second kappa shape index (κ2) is 29.1. The molecule has 12 atom stereocenters. The second-order valence-electron chi connectivity index (χ2n) is 25.1. The fourth-order valence-electron chi connectivity index (χ4n) is 15.3. The van der Waals surface area contributed by atoms with Crippen LogP contribution in [0.2, 0.25) is 0 Å². The predicted octanol–water partition coefficient (Wildman–Crippen LogP) is 21.1. The first kappa shape index (κ1) is 57.1. The van der Waals surface area contributed by atoms with Crippen LogP contribution in [0.25, 0.3) is 0 Å². The van der Waals surface area contributed by atoms with Crippen LogP contribution in [0.5, 0.6) is 0 Å². The Bertz CT molecular complexity index is 2270. The minimum absolute atomic E-state index is 0.174. The van der Waals surface area contributed by atoms with Crippen LogP contribution in [0.3, 0.4) is 0 Å². The molecule has 0 bridgehead atoms. The van der Waals surface area contributed by atoms with Gasteiger partial charge in [0, 0.05) is 40.5 Å². The number of allylic oxidation sites excluding steroid dienone is 21. The summed E-state index contributed by atoms with van der Waals surface area (Å²) in [5.74, 6) is 6.59. The van der Waals surface area contributed by atoms with Gasteiger partial charge in [-0.2, -0.15) is 0 Å². The van der Waals surface area contributed by atoms with Gasteiger partial charge in [-0.15, -0.1) is 6.58 Å². The van der Waals surface area contributed by atoms with Gasteiger partial charge in [-0.3, -0.25) is 0 Å². The molecule has 0 saturated carbocycles. The van der Waals surface area contributed by atoms with E-state index in [4.69, 9.17) is 6.58 Å². The Labute approximate surface area is 461 Å². The lowest BCUT2D eigenvalue weighted by Crippen LogP contribution is -2.40. The topological polar surface area (TPSA) is 6.48 Å². The summed E-state index contributed by atoms with van der Waals surface area (Å²) >= 11 is 0. The van der Waals surface area contributed by atoms with Crippen LogP contribution in [0.4, 0.5) is 0 Å². The first-order chi connectivity index (χ1) is 36.7. The third-order valence-electron chi connectivity index (χ3n) is 19.7. The molecule has 1 saturated heterocycles. The minimum Gasteiger partial charge on any atom is -0.342 e. The van der Waals surface area contributed by atoms with Gasteiger partial charge in [0.05, 0.1) is 12.1 Å². The molecule has 0 radical (unpaired) electrons. The van der Waals surface area contributed by atoms with Gasteiger partial charge in [0.1, 0.15) is 0 Å². The zero-order valence-electron chi connectivity index (χ0n) is 48.7. The summed E-state index contributed by atoms with van der Waals surface area (Å²) in [4.78, 5) is 5.66. The highest BCUT2D eigenvalue weighted by Crippen LogP contribution is 2.56. The van der Waals surface area contributed by atoms with Crippen molar-refractivity contribution in [3.63, 3.8) is 0 Å². The van der Waals surface area contributed by atoms with Crippen molar-refractivity contribution < 1.29 is 0 Å². The van der Waals surface area contributed by atoms with Crippen molar-refractivity contribution in [3.8, 4) is 0 Å². The molecule has 0 aromatic carbocycles. The van der Waals surface area contributed by atoms with Crippen LogP contribution in [0, 0.1) is 59.2 Å². The number of nitrogens with zero attached hydrogens (tertiary/aromatic N) is 2. The molecule has 0 aromatic heterocycles. The lowest BCUT2D eigenvalue weighted by atomic mass is 9.63. The van der Waals surface area contributed by atoms with Crippen molar-refractivity contribution in [2.75, 3.05) is 0 Å². The molecular formula is C73H106N2. The normalized spacial score (nSPS) is 31.3. The molecule has 0 amide bonds. The third-order valence-corrected chi connectivity index (χ3v) is 19.7. The van der Waals surface area contributed by atoms with Crippen molar-refractivity contribution in [1.29, 1.82) is 0 Å². The van der Waals surface area contributed by atoms with Gasteiger partial charge >= 0.3 is 0 Å². The van der Waals surface area contributed by atoms with E-state index in [1.54, 1.807) is 22.7 Å². The van der Waals surface area contributed by atoms with E-state index in [-0.39, 0.29) is 6.04 Å². The Morgan fingerprint density at radius 3 is 2.29 bits per heavy atom. The lowest BCUT2D eigenvalue weighted by molar-refractivity contribution is 0.136.